The molecular formula is C15H20N2O5. The van der Waals surface area contributed by atoms with Crippen LogP contribution >= 0.6 is 0 Å². The molecular weight excluding hydrogens is 288 g/mol. The monoisotopic (exact) mass is 308 g/mol. The van der Waals surface area contributed by atoms with Gasteiger partial charge >= 0.3 is 5.97 Å². The molecule has 1 aromatic carbocycles. The van der Waals surface area contributed by atoms with Crippen LogP contribution in [0.25, 0.3) is 0 Å². The Bertz CT molecular complexity index is 575. The fraction of sp³-hybridized carbons (Fsp3) is 0.467. The van der Waals surface area contributed by atoms with E-state index in [1.165, 1.54) is 4.90 Å². The van der Waals surface area contributed by atoms with E-state index < -0.39 is 12.1 Å². The van der Waals surface area contributed by atoms with Gasteiger partial charge in [-0.1, -0.05) is 6.07 Å². The third kappa shape index (κ3) is 3.75. The zero-order chi connectivity index (χ0) is 16.3. The summed E-state index contributed by atoms with van der Waals surface area (Å²) in [6, 6.07) is 5.22. The molecule has 1 amide bonds. The van der Waals surface area contributed by atoms with Crippen LogP contribution in [0.15, 0.2) is 18.2 Å². The number of carboxylic acid groups (broad SMARTS) is 1. The second-order valence-electron chi connectivity index (χ2n) is 5.40. The predicted octanol–water partition coefficient (Wildman–Crippen LogP) is 0.482. The van der Waals surface area contributed by atoms with Gasteiger partial charge < -0.3 is 19.8 Å². The summed E-state index contributed by atoms with van der Waals surface area (Å²) in [5, 5.41) is 18.9. The summed E-state index contributed by atoms with van der Waals surface area (Å²) in [6.07, 6.45) is -0.326. The topological polar surface area (TPSA) is 90.3 Å². The van der Waals surface area contributed by atoms with Gasteiger partial charge in [-0.25, -0.2) is 0 Å². The van der Waals surface area contributed by atoms with Gasteiger partial charge in [0.05, 0.1) is 18.3 Å². The van der Waals surface area contributed by atoms with Crippen LogP contribution in [-0.4, -0.2) is 60.8 Å². The van der Waals surface area contributed by atoms with Crippen LogP contribution in [-0.2, 0) is 9.59 Å². The lowest BCUT2D eigenvalue weighted by Gasteiger charge is -2.27. The number of anilines is 1. The predicted molar refractivity (Wildman–Crippen MR) is 80.1 cm³/mol. The SMILES string of the molecule is CN(CCC(O)c1ccc2c(c1)N(C)C(=O)CO2)CC(=O)O. The lowest BCUT2D eigenvalue weighted by Crippen LogP contribution is -2.35. The van der Waals surface area contributed by atoms with Gasteiger partial charge in [0.2, 0.25) is 0 Å². The number of ether oxygens (including phenoxy) is 1. The highest BCUT2D eigenvalue weighted by Gasteiger charge is 2.23. The highest BCUT2D eigenvalue weighted by molar-refractivity contribution is 5.97. The Morgan fingerprint density at radius 3 is 2.91 bits per heavy atom. The maximum absolute atomic E-state index is 11.6. The maximum atomic E-state index is 11.6. The second-order valence-corrected chi connectivity index (χ2v) is 5.40. The average molecular weight is 308 g/mol. The maximum Gasteiger partial charge on any atom is 0.317 e. The Balaban J connectivity index is 2.03. The van der Waals surface area contributed by atoms with E-state index in [0.29, 0.717) is 30.0 Å². The van der Waals surface area contributed by atoms with Gasteiger partial charge in [-0.2, -0.15) is 0 Å². The molecule has 0 radical (unpaired) electrons. The van der Waals surface area contributed by atoms with Crippen LogP contribution in [0.3, 0.4) is 0 Å². The van der Waals surface area contributed by atoms with E-state index >= 15 is 0 Å². The number of benzene rings is 1. The minimum atomic E-state index is -0.900. The summed E-state index contributed by atoms with van der Waals surface area (Å²) in [6.45, 7) is 0.406. The van der Waals surface area contributed by atoms with Crippen molar-refractivity contribution in [1.29, 1.82) is 0 Å². The lowest BCUT2D eigenvalue weighted by atomic mass is 10.0. The summed E-state index contributed by atoms with van der Waals surface area (Å²) in [5.74, 6) is -0.426. The zero-order valence-corrected chi connectivity index (χ0v) is 12.7. The highest BCUT2D eigenvalue weighted by atomic mass is 16.5. The molecule has 2 rings (SSSR count). The van der Waals surface area contributed by atoms with Crippen molar-refractivity contribution >= 4 is 17.6 Å². The Labute approximate surface area is 128 Å². The first-order valence-electron chi connectivity index (χ1n) is 7.00. The molecule has 1 heterocycles. The molecule has 1 aliphatic heterocycles. The van der Waals surface area contributed by atoms with Gasteiger partial charge in [-0.3, -0.25) is 14.5 Å². The van der Waals surface area contributed by atoms with Crippen molar-refractivity contribution in [1.82, 2.24) is 4.90 Å². The Kier molecular flexibility index (Phi) is 4.99. The number of carboxylic acids is 1. The van der Waals surface area contributed by atoms with E-state index in [1.54, 1.807) is 37.2 Å². The number of hydrogen-bond donors (Lipinski definition) is 2. The quantitative estimate of drug-likeness (QED) is 0.794. The summed E-state index contributed by atoms with van der Waals surface area (Å²) in [7, 11) is 3.36. The van der Waals surface area contributed by atoms with Crippen LogP contribution in [0.4, 0.5) is 5.69 Å². The van der Waals surface area contributed by atoms with Gasteiger partial charge in [-0.05, 0) is 31.2 Å². The summed E-state index contributed by atoms with van der Waals surface area (Å²) in [4.78, 5) is 25.4. The van der Waals surface area contributed by atoms with Crippen molar-refractivity contribution in [2.75, 3.05) is 38.7 Å². The minimum Gasteiger partial charge on any atom is -0.482 e. The molecule has 0 saturated carbocycles. The molecule has 120 valence electrons. The summed E-state index contributed by atoms with van der Waals surface area (Å²) in [5.41, 5.74) is 1.30. The molecule has 2 N–H and O–H groups in total. The normalized spacial score (nSPS) is 15.5. The van der Waals surface area contributed by atoms with E-state index in [4.69, 9.17) is 9.84 Å². The van der Waals surface area contributed by atoms with Crippen molar-refractivity contribution in [2.45, 2.75) is 12.5 Å². The molecule has 1 aromatic rings. The number of likely N-dealkylation sites (N-methyl/N-ethyl adjacent to an activating group) is 2. The highest BCUT2D eigenvalue weighted by Crippen LogP contribution is 2.34. The molecule has 1 aliphatic rings. The largest absolute Gasteiger partial charge is 0.482 e. The van der Waals surface area contributed by atoms with E-state index in [9.17, 15) is 14.7 Å². The van der Waals surface area contributed by atoms with Gasteiger partial charge in [0.15, 0.2) is 6.61 Å². The first-order valence-corrected chi connectivity index (χ1v) is 7.00. The summed E-state index contributed by atoms with van der Waals surface area (Å²) < 4.78 is 5.34. The first kappa shape index (κ1) is 16.3. The number of carbonyl (C=O) groups excluding carboxylic acids is 1. The zero-order valence-electron chi connectivity index (χ0n) is 12.7. The molecule has 0 aromatic heterocycles. The standard InChI is InChI=1S/C15H20N2O5/c1-16(8-15(20)21)6-5-12(18)10-3-4-13-11(7-10)17(2)14(19)9-22-13/h3-4,7,12,18H,5-6,8-9H2,1-2H3,(H,20,21). The Morgan fingerprint density at radius 2 is 2.23 bits per heavy atom. The average Bonchev–Trinajstić information content (AvgIpc) is 2.47. The van der Waals surface area contributed by atoms with Crippen molar-refractivity contribution in [2.24, 2.45) is 0 Å². The molecule has 0 fully saturated rings. The molecule has 7 heteroatoms. The van der Waals surface area contributed by atoms with Crippen LogP contribution in [0.1, 0.15) is 18.1 Å². The van der Waals surface area contributed by atoms with Crippen molar-refractivity contribution < 1.29 is 24.5 Å². The van der Waals surface area contributed by atoms with Gasteiger partial charge in [0.1, 0.15) is 5.75 Å². The fourth-order valence-electron chi connectivity index (χ4n) is 2.32. The molecule has 1 unspecified atom stereocenters. The lowest BCUT2D eigenvalue weighted by molar-refractivity contribution is -0.138. The van der Waals surface area contributed by atoms with Crippen LogP contribution in [0.5, 0.6) is 5.75 Å². The minimum absolute atomic E-state index is 0.0192. The van der Waals surface area contributed by atoms with Gasteiger partial charge in [-0.15, -0.1) is 0 Å². The number of aliphatic hydroxyl groups is 1. The molecule has 0 aliphatic carbocycles. The Morgan fingerprint density at radius 1 is 1.50 bits per heavy atom. The van der Waals surface area contributed by atoms with Crippen LogP contribution in [0, 0.1) is 0 Å². The van der Waals surface area contributed by atoms with E-state index in [0.717, 1.165) is 0 Å². The smallest absolute Gasteiger partial charge is 0.317 e. The van der Waals surface area contributed by atoms with Crippen molar-refractivity contribution in [3.63, 3.8) is 0 Å². The summed E-state index contributed by atoms with van der Waals surface area (Å²) >= 11 is 0. The number of aliphatic carboxylic acids is 1. The first-order chi connectivity index (χ1) is 10.4. The molecule has 0 spiro atoms. The van der Waals surface area contributed by atoms with Gasteiger partial charge in [0, 0.05) is 13.6 Å². The van der Waals surface area contributed by atoms with Crippen molar-refractivity contribution in [3.8, 4) is 5.75 Å². The molecule has 0 saturated heterocycles. The molecule has 1 atom stereocenters. The number of nitrogens with zero attached hydrogens (tertiary/aromatic N) is 2. The number of carbonyl (C=O) groups is 2. The third-order valence-corrected chi connectivity index (χ3v) is 3.64. The number of hydrogen-bond acceptors (Lipinski definition) is 5. The Hall–Kier alpha value is -2.12. The van der Waals surface area contributed by atoms with E-state index in [1.807, 2.05) is 0 Å². The van der Waals surface area contributed by atoms with Crippen LogP contribution in [0.2, 0.25) is 0 Å². The number of rotatable bonds is 6. The van der Waals surface area contributed by atoms with E-state index in [2.05, 4.69) is 0 Å². The number of amides is 1. The fourth-order valence-corrected chi connectivity index (χ4v) is 2.32. The van der Waals surface area contributed by atoms with Crippen molar-refractivity contribution in [3.05, 3.63) is 23.8 Å². The number of fused-ring (bicyclic) bond motifs is 1. The third-order valence-electron chi connectivity index (χ3n) is 3.64. The van der Waals surface area contributed by atoms with Crippen LogP contribution < -0.4 is 9.64 Å². The molecule has 7 nitrogen and oxygen atoms in total. The molecule has 0 bridgehead atoms. The van der Waals surface area contributed by atoms with Gasteiger partial charge in [0.25, 0.3) is 5.91 Å². The second kappa shape index (κ2) is 6.76. The number of aliphatic hydroxyl groups excluding tert-OH is 1. The van der Waals surface area contributed by atoms with E-state index in [-0.39, 0.29) is 19.1 Å². The molecule has 22 heavy (non-hydrogen) atoms.